The Morgan fingerprint density at radius 3 is 2.50 bits per heavy atom. The number of amides is 2. The first kappa shape index (κ1) is 22.4. The van der Waals surface area contributed by atoms with E-state index in [1.54, 1.807) is 12.1 Å². The molecule has 6 heteroatoms. The van der Waals surface area contributed by atoms with E-state index in [-0.39, 0.29) is 11.8 Å². The number of anilines is 1. The number of nitrogens with one attached hydrogen (secondary N) is 1. The van der Waals surface area contributed by atoms with Crippen molar-refractivity contribution in [2.75, 3.05) is 4.90 Å². The maximum absolute atomic E-state index is 13.6. The average molecular weight is 465 g/mol. The topological polar surface area (TPSA) is 49.4 Å². The van der Waals surface area contributed by atoms with E-state index in [0.29, 0.717) is 18.1 Å². The number of para-hydroxylation sites is 1. The van der Waals surface area contributed by atoms with Gasteiger partial charge in [0, 0.05) is 16.5 Å². The summed E-state index contributed by atoms with van der Waals surface area (Å²) in [6.45, 7) is 4.76. The number of carbonyl (C=O) groups excluding carboxylic acids is 2. The summed E-state index contributed by atoms with van der Waals surface area (Å²) in [4.78, 5) is 29.3. The molecule has 4 rings (SSSR count). The Kier molecular flexibility index (Phi) is 6.87. The summed E-state index contributed by atoms with van der Waals surface area (Å²) in [6.07, 6.45) is 0. The summed E-state index contributed by atoms with van der Waals surface area (Å²) in [5.74, 6) is -0.653. The van der Waals surface area contributed by atoms with Crippen LogP contribution < -0.4 is 10.2 Å². The van der Waals surface area contributed by atoms with Gasteiger partial charge in [-0.25, -0.2) is 0 Å². The van der Waals surface area contributed by atoms with Gasteiger partial charge in [-0.05, 0) is 47.9 Å². The SMILES string of the molecule is Cc1ccccc1CN1C(=O)[C@H]([C@H](C)C(=O)NCc2ccc(Cl)cc2)Sc2ccccc21. The molecule has 1 N–H and O–H groups in total. The third-order valence-electron chi connectivity index (χ3n) is 5.76. The van der Waals surface area contributed by atoms with E-state index in [0.717, 1.165) is 27.3 Å². The van der Waals surface area contributed by atoms with Gasteiger partial charge in [0.2, 0.25) is 11.8 Å². The lowest BCUT2D eigenvalue weighted by molar-refractivity contribution is -0.128. The molecule has 4 nitrogen and oxygen atoms in total. The second-order valence-electron chi connectivity index (χ2n) is 7.99. The van der Waals surface area contributed by atoms with Gasteiger partial charge >= 0.3 is 0 Å². The molecule has 1 aliphatic rings. The highest BCUT2D eigenvalue weighted by Gasteiger charge is 2.39. The normalized spacial score (nSPS) is 16.4. The second kappa shape index (κ2) is 9.80. The van der Waals surface area contributed by atoms with Gasteiger partial charge in [0.05, 0.1) is 18.2 Å². The molecule has 0 saturated carbocycles. The molecular formula is C26H25ClN2O2S. The Morgan fingerprint density at radius 2 is 1.75 bits per heavy atom. The highest BCUT2D eigenvalue weighted by Crippen LogP contribution is 2.42. The van der Waals surface area contributed by atoms with Gasteiger partial charge in [-0.3, -0.25) is 9.59 Å². The van der Waals surface area contributed by atoms with Crippen molar-refractivity contribution in [2.45, 2.75) is 37.1 Å². The van der Waals surface area contributed by atoms with E-state index in [4.69, 9.17) is 11.6 Å². The fraction of sp³-hybridized carbons (Fsp3) is 0.231. The zero-order chi connectivity index (χ0) is 22.7. The molecule has 0 fully saturated rings. The number of halogens is 1. The molecular weight excluding hydrogens is 440 g/mol. The van der Waals surface area contributed by atoms with Gasteiger partial charge in [-0.2, -0.15) is 0 Å². The van der Waals surface area contributed by atoms with Crippen LogP contribution in [0.3, 0.4) is 0 Å². The maximum atomic E-state index is 13.6. The van der Waals surface area contributed by atoms with E-state index < -0.39 is 11.2 Å². The Hall–Kier alpha value is -2.76. The van der Waals surface area contributed by atoms with Crippen LogP contribution in [0.25, 0.3) is 0 Å². The minimum Gasteiger partial charge on any atom is -0.352 e. The minimum absolute atomic E-state index is 0.0360. The van der Waals surface area contributed by atoms with Crippen LogP contribution in [-0.4, -0.2) is 17.1 Å². The molecule has 164 valence electrons. The van der Waals surface area contributed by atoms with Gasteiger partial charge in [-0.1, -0.05) is 67.1 Å². The van der Waals surface area contributed by atoms with E-state index in [2.05, 4.69) is 18.3 Å². The molecule has 2 atom stereocenters. The molecule has 0 bridgehead atoms. The third-order valence-corrected chi connectivity index (χ3v) is 7.47. The number of benzene rings is 3. The molecule has 0 aliphatic carbocycles. The molecule has 3 aromatic carbocycles. The maximum Gasteiger partial charge on any atom is 0.241 e. The van der Waals surface area contributed by atoms with Crippen LogP contribution in [0.4, 0.5) is 5.69 Å². The monoisotopic (exact) mass is 464 g/mol. The number of nitrogens with zero attached hydrogens (tertiary/aromatic N) is 1. The lowest BCUT2D eigenvalue weighted by atomic mass is 10.0. The molecule has 1 aliphatic heterocycles. The number of thioether (sulfide) groups is 1. The first-order chi connectivity index (χ1) is 15.4. The number of hydrogen-bond donors (Lipinski definition) is 1. The Balaban J connectivity index is 1.53. The van der Waals surface area contributed by atoms with Crippen molar-refractivity contribution >= 4 is 40.9 Å². The molecule has 32 heavy (non-hydrogen) atoms. The van der Waals surface area contributed by atoms with E-state index in [9.17, 15) is 9.59 Å². The van der Waals surface area contributed by atoms with Crippen LogP contribution in [0.5, 0.6) is 0 Å². The summed E-state index contributed by atoms with van der Waals surface area (Å²) in [7, 11) is 0. The first-order valence-corrected chi connectivity index (χ1v) is 11.8. The van der Waals surface area contributed by atoms with Gasteiger partial charge in [0.25, 0.3) is 0 Å². The van der Waals surface area contributed by atoms with Crippen molar-refractivity contribution in [2.24, 2.45) is 5.92 Å². The van der Waals surface area contributed by atoms with Crippen molar-refractivity contribution in [3.05, 3.63) is 94.5 Å². The molecule has 2 amide bonds. The van der Waals surface area contributed by atoms with Crippen molar-refractivity contribution in [3.8, 4) is 0 Å². The summed E-state index contributed by atoms with van der Waals surface area (Å²) >= 11 is 7.41. The van der Waals surface area contributed by atoms with Crippen LogP contribution in [0.15, 0.2) is 77.7 Å². The van der Waals surface area contributed by atoms with E-state index >= 15 is 0 Å². The molecule has 0 unspecified atom stereocenters. The van der Waals surface area contributed by atoms with Crippen molar-refractivity contribution < 1.29 is 9.59 Å². The summed E-state index contributed by atoms with van der Waals surface area (Å²) < 4.78 is 0. The molecule has 0 radical (unpaired) electrons. The Labute approximate surface area is 198 Å². The lowest BCUT2D eigenvalue weighted by Crippen LogP contribution is -2.47. The van der Waals surface area contributed by atoms with Crippen LogP contribution >= 0.6 is 23.4 Å². The number of fused-ring (bicyclic) bond motifs is 1. The highest BCUT2D eigenvalue weighted by molar-refractivity contribution is 8.01. The first-order valence-electron chi connectivity index (χ1n) is 10.6. The average Bonchev–Trinajstić information content (AvgIpc) is 2.81. The smallest absolute Gasteiger partial charge is 0.241 e. The lowest BCUT2D eigenvalue weighted by Gasteiger charge is -2.36. The second-order valence-corrected chi connectivity index (χ2v) is 9.61. The molecule has 0 spiro atoms. The van der Waals surface area contributed by atoms with Gasteiger partial charge < -0.3 is 10.2 Å². The molecule has 3 aromatic rings. The molecule has 0 saturated heterocycles. The predicted octanol–water partition coefficient (Wildman–Crippen LogP) is 5.61. The zero-order valence-electron chi connectivity index (χ0n) is 18.0. The minimum atomic E-state index is -0.487. The van der Waals surface area contributed by atoms with Gasteiger partial charge in [0.1, 0.15) is 5.25 Å². The van der Waals surface area contributed by atoms with Crippen molar-refractivity contribution in [1.82, 2.24) is 5.32 Å². The predicted molar refractivity (Wildman–Crippen MR) is 131 cm³/mol. The van der Waals surface area contributed by atoms with Gasteiger partial charge in [-0.15, -0.1) is 11.8 Å². The van der Waals surface area contributed by atoms with Crippen molar-refractivity contribution in [3.63, 3.8) is 0 Å². The van der Waals surface area contributed by atoms with Crippen LogP contribution in [0.1, 0.15) is 23.6 Å². The number of carbonyl (C=O) groups is 2. The summed E-state index contributed by atoms with van der Waals surface area (Å²) in [5.41, 5.74) is 4.10. The Morgan fingerprint density at radius 1 is 1.06 bits per heavy atom. The van der Waals surface area contributed by atoms with Crippen LogP contribution in [0.2, 0.25) is 5.02 Å². The molecule has 1 heterocycles. The largest absolute Gasteiger partial charge is 0.352 e. The van der Waals surface area contributed by atoms with E-state index in [1.807, 2.05) is 66.4 Å². The summed E-state index contributed by atoms with van der Waals surface area (Å²) in [5, 5.41) is 3.14. The number of rotatable bonds is 6. The van der Waals surface area contributed by atoms with Crippen LogP contribution in [0, 0.1) is 12.8 Å². The summed E-state index contributed by atoms with van der Waals surface area (Å²) in [6, 6.07) is 23.3. The number of hydrogen-bond acceptors (Lipinski definition) is 3. The van der Waals surface area contributed by atoms with Crippen molar-refractivity contribution in [1.29, 1.82) is 0 Å². The van der Waals surface area contributed by atoms with E-state index in [1.165, 1.54) is 11.8 Å². The number of aryl methyl sites for hydroxylation is 1. The fourth-order valence-corrected chi connectivity index (χ4v) is 5.18. The standard InChI is InChI=1S/C26H25ClN2O2S/c1-17-7-3-4-8-20(17)16-29-22-9-5-6-10-23(22)32-24(26(29)31)18(2)25(30)28-15-19-11-13-21(27)14-12-19/h3-14,18,24H,15-16H2,1-2H3,(H,28,30)/t18-,24-/m0/s1. The van der Waals surface area contributed by atoms with Crippen LogP contribution in [-0.2, 0) is 22.7 Å². The zero-order valence-corrected chi connectivity index (χ0v) is 19.6. The Bertz CT molecular complexity index is 1130. The quantitative estimate of drug-likeness (QED) is 0.516. The fourth-order valence-electron chi connectivity index (χ4n) is 3.77. The molecule has 0 aromatic heterocycles. The van der Waals surface area contributed by atoms with Gasteiger partial charge in [0.15, 0.2) is 0 Å². The highest BCUT2D eigenvalue weighted by atomic mass is 35.5. The third kappa shape index (κ3) is 4.84.